The number of nitrogens with one attached hydrogen (secondary N) is 1. The summed E-state index contributed by atoms with van der Waals surface area (Å²) in [6, 6.07) is 16.2. The molecule has 2 aromatic rings. The van der Waals surface area contributed by atoms with Crippen molar-refractivity contribution in [2.24, 2.45) is 0 Å². The molecule has 1 amide bonds. The largest absolute Gasteiger partial charge is 0.491 e. The molecule has 2 unspecified atom stereocenters. The summed E-state index contributed by atoms with van der Waals surface area (Å²) in [4.78, 5) is 14.3. The Morgan fingerprint density at radius 2 is 1.72 bits per heavy atom. The van der Waals surface area contributed by atoms with Crippen LogP contribution in [0.4, 0.5) is 5.69 Å². The number of likely N-dealkylation sites (N-methyl/N-ethyl adjacent to an activating group) is 1. The van der Waals surface area contributed by atoms with Gasteiger partial charge < -0.3 is 19.7 Å². The van der Waals surface area contributed by atoms with Crippen molar-refractivity contribution in [1.29, 1.82) is 0 Å². The zero-order chi connectivity index (χ0) is 20.8. The Kier molecular flexibility index (Phi) is 7.02. The van der Waals surface area contributed by atoms with Crippen molar-refractivity contribution in [3.8, 4) is 11.5 Å². The normalized spacial score (nSPS) is 17.3. The molecule has 5 heteroatoms. The number of hydrogen-bond acceptors (Lipinski definition) is 4. The molecule has 29 heavy (non-hydrogen) atoms. The number of nitrogens with zero attached hydrogens (tertiary/aromatic N) is 1. The minimum atomic E-state index is -0.159. The summed E-state index contributed by atoms with van der Waals surface area (Å²) in [7, 11) is 0. The maximum atomic E-state index is 12.0. The summed E-state index contributed by atoms with van der Waals surface area (Å²) >= 11 is 0. The molecule has 0 aliphatic carbocycles. The van der Waals surface area contributed by atoms with Crippen LogP contribution in [-0.4, -0.2) is 37.7 Å². The first-order valence-electron chi connectivity index (χ1n) is 10.5. The second-order valence-electron chi connectivity index (χ2n) is 7.82. The van der Waals surface area contributed by atoms with Crippen LogP contribution in [0.5, 0.6) is 11.5 Å². The molecule has 2 aromatic carbocycles. The van der Waals surface area contributed by atoms with E-state index in [1.54, 1.807) is 0 Å². The van der Waals surface area contributed by atoms with Crippen molar-refractivity contribution in [1.82, 2.24) is 5.32 Å². The first-order chi connectivity index (χ1) is 14.0. The highest BCUT2D eigenvalue weighted by atomic mass is 16.5. The van der Waals surface area contributed by atoms with Gasteiger partial charge in [0.15, 0.2) is 0 Å². The molecule has 0 spiro atoms. The maximum absolute atomic E-state index is 12.0. The van der Waals surface area contributed by atoms with Gasteiger partial charge in [-0.15, -0.1) is 0 Å². The van der Waals surface area contributed by atoms with Gasteiger partial charge in [0.05, 0.1) is 18.6 Å². The van der Waals surface area contributed by atoms with Crippen LogP contribution in [0.2, 0.25) is 0 Å². The predicted molar refractivity (Wildman–Crippen MR) is 117 cm³/mol. The van der Waals surface area contributed by atoms with E-state index >= 15 is 0 Å². The molecule has 0 radical (unpaired) electrons. The first kappa shape index (κ1) is 21.0. The number of ether oxygens (including phenoxy) is 2. The number of hydrogen-bond donors (Lipinski definition) is 1. The molecule has 0 bridgehead atoms. The van der Waals surface area contributed by atoms with Crippen molar-refractivity contribution < 1.29 is 14.3 Å². The lowest BCUT2D eigenvalue weighted by molar-refractivity contribution is -0.122. The van der Waals surface area contributed by atoms with Gasteiger partial charge in [0.25, 0.3) is 0 Å². The van der Waals surface area contributed by atoms with Crippen LogP contribution in [0.15, 0.2) is 48.5 Å². The van der Waals surface area contributed by atoms with E-state index in [1.165, 1.54) is 5.69 Å². The van der Waals surface area contributed by atoms with E-state index in [0.29, 0.717) is 6.54 Å². The van der Waals surface area contributed by atoms with Gasteiger partial charge in [-0.25, -0.2) is 0 Å². The van der Waals surface area contributed by atoms with Crippen molar-refractivity contribution in [3.05, 3.63) is 54.1 Å². The van der Waals surface area contributed by atoms with Gasteiger partial charge in [-0.1, -0.05) is 12.1 Å². The number of anilines is 1. The van der Waals surface area contributed by atoms with Gasteiger partial charge in [0.2, 0.25) is 5.91 Å². The second-order valence-corrected chi connectivity index (χ2v) is 7.82. The van der Waals surface area contributed by atoms with E-state index in [2.05, 4.69) is 22.3 Å². The topological polar surface area (TPSA) is 50.8 Å². The molecular weight excluding hydrogens is 364 g/mol. The molecule has 0 saturated carbocycles. The third-order valence-electron chi connectivity index (χ3n) is 5.15. The predicted octanol–water partition coefficient (Wildman–Crippen LogP) is 4.37. The third kappa shape index (κ3) is 5.66. The van der Waals surface area contributed by atoms with Gasteiger partial charge >= 0.3 is 0 Å². The second kappa shape index (κ2) is 9.68. The van der Waals surface area contributed by atoms with Crippen LogP contribution >= 0.6 is 0 Å². The van der Waals surface area contributed by atoms with E-state index < -0.39 is 0 Å². The lowest BCUT2D eigenvalue weighted by Crippen LogP contribution is -2.27. The lowest BCUT2D eigenvalue weighted by atomic mass is 10.0. The van der Waals surface area contributed by atoms with Gasteiger partial charge in [0.1, 0.15) is 17.6 Å². The molecule has 1 heterocycles. The Labute approximate surface area is 174 Å². The highest BCUT2D eigenvalue weighted by molar-refractivity contribution is 5.83. The summed E-state index contributed by atoms with van der Waals surface area (Å²) in [6.45, 7) is 10.4. The molecule has 1 saturated heterocycles. The number of benzene rings is 2. The lowest BCUT2D eigenvalue weighted by Gasteiger charge is -2.20. The summed E-state index contributed by atoms with van der Waals surface area (Å²) in [6.07, 6.45) is 1.33. The van der Waals surface area contributed by atoms with Gasteiger partial charge in [-0.2, -0.15) is 0 Å². The van der Waals surface area contributed by atoms with Crippen LogP contribution in [0.3, 0.4) is 0 Å². The summed E-state index contributed by atoms with van der Waals surface area (Å²) < 4.78 is 11.9. The van der Waals surface area contributed by atoms with Crippen LogP contribution in [-0.2, 0) is 4.79 Å². The fourth-order valence-corrected chi connectivity index (χ4v) is 3.57. The van der Waals surface area contributed by atoms with E-state index in [9.17, 15) is 4.79 Å². The summed E-state index contributed by atoms with van der Waals surface area (Å²) in [5, 5.41) is 2.87. The number of rotatable bonds is 8. The molecule has 156 valence electrons. The zero-order valence-electron chi connectivity index (χ0n) is 17.9. The maximum Gasteiger partial charge on any atom is 0.227 e. The molecule has 1 N–H and O–H groups in total. The molecular formula is C24H32N2O3. The Hall–Kier alpha value is -2.69. The van der Waals surface area contributed by atoms with E-state index in [0.717, 1.165) is 36.6 Å². The van der Waals surface area contributed by atoms with Gasteiger partial charge in [0, 0.05) is 25.2 Å². The van der Waals surface area contributed by atoms with Gasteiger partial charge in [-0.3, -0.25) is 4.79 Å². The third-order valence-corrected chi connectivity index (χ3v) is 5.15. The SMILES string of the molecule is CCNC(=O)C(C)c1ccc(OC2CCN(c3ccc(OC(C)C)cc3)C2)cc1. The van der Waals surface area contributed by atoms with E-state index in [-0.39, 0.29) is 24.0 Å². The Balaban J connectivity index is 1.54. The Morgan fingerprint density at radius 3 is 2.34 bits per heavy atom. The quantitative estimate of drug-likeness (QED) is 0.720. The average molecular weight is 397 g/mol. The average Bonchev–Trinajstić information content (AvgIpc) is 3.17. The fourth-order valence-electron chi connectivity index (χ4n) is 3.57. The van der Waals surface area contributed by atoms with Crippen LogP contribution in [0.25, 0.3) is 0 Å². The molecule has 1 fully saturated rings. The van der Waals surface area contributed by atoms with Gasteiger partial charge in [-0.05, 0) is 69.7 Å². The number of carbonyl (C=O) groups excluding carboxylic acids is 1. The number of amides is 1. The highest BCUT2D eigenvalue weighted by Crippen LogP contribution is 2.27. The van der Waals surface area contributed by atoms with Crippen LogP contribution < -0.4 is 19.7 Å². The molecule has 3 rings (SSSR count). The van der Waals surface area contributed by atoms with Crippen molar-refractivity contribution >= 4 is 11.6 Å². The monoisotopic (exact) mass is 396 g/mol. The Morgan fingerprint density at radius 1 is 1.07 bits per heavy atom. The van der Waals surface area contributed by atoms with E-state index in [1.807, 2.05) is 64.1 Å². The van der Waals surface area contributed by atoms with Crippen molar-refractivity contribution in [3.63, 3.8) is 0 Å². The van der Waals surface area contributed by atoms with E-state index in [4.69, 9.17) is 9.47 Å². The summed E-state index contributed by atoms with van der Waals surface area (Å²) in [5.74, 6) is 1.65. The Bertz CT molecular complexity index is 787. The zero-order valence-corrected chi connectivity index (χ0v) is 17.9. The minimum absolute atomic E-state index is 0.0532. The van der Waals surface area contributed by atoms with Crippen molar-refractivity contribution in [2.75, 3.05) is 24.5 Å². The smallest absolute Gasteiger partial charge is 0.227 e. The molecule has 0 aromatic heterocycles. The summed E-state index contributed by atoms with van der Waals surface area (Å²) in [5.41, 5.74) is 2.19. The standard InChI is InChI=1S/C24H32N2O3/c1-5-25-24(27)18(4)19-6-10-22(11-7-19)29-23-14-15-26(16-23)20-8-12-21(13-9-20)28-17(2)3/h6-13,17-18,23H,5,14-16H2,1-4H3,(H,25,27). The first-order valence-corrected chi connectivity index (χ1v) is 10.5. The van der Waals surface area contributed by atoms with Crippen LogP contribution in [0, 0.1) is 0 Å². The molecule has 1 aliphatic rings. The minimum Gasteiger partial charge on any atom is -0.491 e. The molecule has 5 nitrogen and oxygen atoms in total. The van der Waals surface area contributed by atoms with Crippen molar-refractivity contribution in [2.45, 2.75) is 52.2 Å². The molecule has 1 aliphatic heterocycles. The fraction of sp³-hybridized carbons (Fsp3) is 0.458. The van der Waals surface area contributed by atoms with Crippen LogP contribution in [0.1, 0.15) is 45.6 Å². The highest BCUT2D eigenvalue weighted by Gasteiger charge is 2.24. The molecule has 2 atom stereocenters. The number of carbonyl (C=O) groups is 1.